The zero-order chi connectivity index (χ0) is 19.3. The van der Waals surface area contributed by atoms with Crippen molar-refractivity contribution in [3.63, 3.8) is 0 Å². The fourth-order valence-electron chi connectivity index (χ4n) is 3.02. The Kier molecular flexibility index (Phi) is 6.59. The smallest absolute Gasteiger partial charge is 0.290 e. The second kappa shape index (κ2) is 8.68. The molecule has 142 valence electrons. The van der Waals surface area contributed by atoms with Crippen LogP contribution in [0.1, 0.15) is 18.5 Å². The first-order valence-corrected chi connectivity index (χ1v) is 8.24. The predicted octanol–water partition coefficient (Wildman–Crippen LogP) is 0.570. The first-order chi connectivity index (χ1) is 12.5. The first-order valence-electron chi connectivity index (χ1n) is 8.24. The minimum Gasteiger partial charge on any atom is -0.503 e. The third-order valence-corrected chi connectivity index (χ3v) is 4.24. The van der Waals surface area contributed by atoms with Crippen LogP contribution in [0.15, 0.2) is 29.5 Å². The molecule has 1 unspecified atom stereocenters. The molecule has 2 rings (SSSR count). The fourth-order valence-corrected chi connectivity index (χ4v) is 3.02. The van der Waals surface area contributed by atoms with Crippen molar-refractivity contribution in [1.29, 1.82) is 0 Å². The number of aliphatic hydroxyl groups is 2. The third-order valence-electron chi connectivity index (χ3n) is 4.24. The number of methoxy groups -OCH3 is 2. The second-order valence-electron chi connectivity index (χ2n) is 5.80. The largest absolute Gasteiger partial charge is 0.503 e. The van der Waals surface area contributed by atoms with Crippen LogP contribution in [0.25, 0.3) is 0 Å². The zero-order valence-corrected chi connectivity index (χ0v) is 15.1. The van der Waals surface area contributed by atoms with Gasteiger partial charge in [0.1, 0.15) is 11.5 Å². The number of hydrogen-bond acceptors (Lipinski definition) is 7. The van der Waals surface area contributed by atoms with Gasteiger partial charge in [0.15, 0.2) is 11.5 Å². The summed E-state index contributed by atoms with van der Waals surface area (Å²) in [4.78, 5) is 26.1. The Bertz CT molecular complexity index is 716. The number of carbonyl (C=O) groups excluding carboxylic acids is 2. The van der Waals surface area contributed by atoms with Gasteiger partial charge in [-0.3, -0.25) is 9.59 Å². The van der Waals surface area contributed by atoms with Gasteiger partial charge in [-0.2, -0.15) is 0 Å². The van der Waals surface area contributed by atoms with Crippen LogP contribution in [0.2, 0.25) is 0 Å². The molecule has 0 aliphatic carbocycles. The summed E-state index contributed by atoms with van der Waals surface area (Å²) in [6.45, 7) is 2.33. The van der Waals surface area contributed by atoms with E-state index < -0.39 is 17.7 Å². The van der Waals surface area contributed by atoms with Crippen molar-refractivity contribution in [2.45, 2.75) is 13.0 Å². The third kappa shape index (κ3) is 3.81. The number of carbonyl (C=O) groups is 2. The van der Waals surface area contributed by atoms with Gasteiger partial charge < -0.3 is 29.9 Å². The molecular weight excluding hydrogens is 340 g/mol. The van der Waals surface area contributed by atoms with Crippen LogP contribution in [-0.2, 0) is 9.59 Å². The summed E-state index contributed by atoms with van der Waals surface area (Å²) in [5.41, 5.74) is 0.624. The topological polar surface area (TPSA) is 108 Å². The average molecular weight is 364 g/mol. The quantitative estimate of drug-likeness (QED) is 0.550. The van der Waals surface area contributed by atoms with Crippen molar-refractivity contribution in [3.05, 3.63) is 35.1 Å². The highest BCUT2D eigenvalue weighted by Gasteiger charge is 2.43. The van der Waals surface area contributed by atoms with Crippen molar-refractivity contribution in [2.75, 3.05) is 40.5 Å². The Morgan fingerprint density at radius 3 is 2.58 bits per heavy atom. The van der Waals surface area contributed by atoms with E-state index in [2.05, 4.69) is 5.32 Å². The molecule has 0 saturated heterocycles. The van der Waals surface area contributed by atoms with Gasteiger partial charge in [-0.05, 0) is 19.1 Å². The number of Topliss-reactive ketones (excluding diaryl/α,β-unsaturated/α-hetero) is 1. The number of ether oxygens (including phenoxy) is 2. The summed E-state index contributed by atoms with van der Waals surface area (Å²) in [5, 5.41) is 22.1. The summed E-state index contributed by atoms with van der Waals surface area (Å²) in [7, 11) is 3.01. The number of aliphatic hydroxyl groups excluding tert-OH is 2. The molecule has 0 fully saturated rings. The maximum atomic E-state index is 12.5. The highest BCUT2D eigenvalue weighted by molar-refractivity contribution is 6.08. The molecule has 8 heteroatoms. The van der Waals surface area contributed by atoms with Crippen molar-refractivity contribution >= 4 is 11.7 Å². The lowest BCUT2D eigenvalue weighted by atomic mass is 9.95. The van der Waals surface area contributed by atoms with Crippen LogP contribution in [0.5, 0.6) is 11.5 Å². The average Bonchev–Trinajstić information content (AvgIpc) is 2.89. The van der Waals surface area contributed by atoms with Gasteiger partial charge in [0.25, 0.3) is 5.91 Å². The maximum Gasteiger partial charge on any atom is 0.290 e. The lowest BCUT2D eigenvalue weighted by Crippen LogP contribution is -2.37. The van der Waals surface area contributed by atoms with Crippen LogP contribution in [0.4, 0.5) is 0 Å². The summed E-state index contributed by atoms with van der Waals surface area (Å²) in [5.74, 6) is -0.511. The summed E-state index contributed by atoms with van der Waals surface area (Å²) in [6.07, 6.45) is 0. The second-order valence-corrected chi connectivity index (χ2v) is 5.80. The summed E-state index contributed by atoms with van der Waals surface area (Å²) < 4.78 is 10.6. The van der Waals surface area contributed by atoms with E-state index in [9.17, 15) is 14.7 Å². The molecule has 8 nitrogen and oxygen atoms in total. The first kappa shape index (κ1) is 19.7. The molecule has 1 heterocycles. The molecule has 0 bridgehead atoms. The number of amides is 1. The minimum absolute atomic E-state index is 0.0220. The Labute approximate surface area is 152 Å². The summed E-state index contributed by atoms with van der Waals surface area (Å²) in [6, 6.07) is 4.33. The standard InChI is InChI=1S/C18H24N2O6/c1-11(22)15-16(13-5-4-12(25-2)10-14(13)26-3)20(18(24)17(15)23)8-6-19-7-9-21/h4-5,10,16,19,21,23H,6-9H2,1-3H3. The van der Waals surface area contributed by atoms with Gasteiger partial charge in [0.2, 0.25) is 0 Å². The Morgan fingerprint density at radius 1 is 1.27 bits per heavy atom. The number of nitrogens with one attached hydrogen (secondary N) is 1. The van der Waals surface area contributed by atoms with Crippen molar-refractivity contribution in [2.24, 2.45) is 0 Å². The van der Waals surface area contributed by atoms with Crippen LogP contribution in [-0.4, -0.2) is 67.3 Å². The summed E-state index contributed by atoms with van der Waals surface area (Å²) >= 11 is 0. The minimum atomic E-state index is -0.753. The van der Waals surface area contributed by atoms with E-state index in [0.717, 1.165) is 0 Å². The normalized spacial score (nSPS) is 17.0. The van der Waals surface area contributed by atoms with Crippen molar-refractivity contribution in [1.82, 2.24) is 10.2 Å². The molecule has 26 heavy (non-hydrogen) atoms. The number of benzene rings is 1. The number of ketones is 1. The van der Waals surface area contributed by atoms with E-state index in [1.165, 1.54) is 26.0 Å². The monoisotopic (exact) mass is 364 g/mol. The molecule has 1 aromatic carbocycles. The molecule has 0 aromatic heterocycles. The molecule has 1 aliphatic heterocycles. The van der Waals surface area contributed by atoms with Crippen molar-refractivity contribution < 1.29 is 29.3 Å². The van der Waals surface area contributed by atoms with Crippen molar-refractivity contribution in [3.8, 4) is 11.5 Å². The van der Waals surface area contributed by atoms with E-state index in [-0.39, 0.29) is 24.5 Å². The van der Waals surface area contributed by atoms with Crippen LogP contribution < -0.4 is 14.8 Å². The molecule has 1 aromatic rings. The molecule has 1 amide bonds. The van der Waals surface area contributed by atoms with E-state index in [4.69, 9.17) is 14.6 Å². The highest BCUT2D eigenvalue weighted by atomic mass is 16.5. The van der Waals surface area contributed by atoms with E-state index in [1.807, 2.05) is 0 Å². The molecule has 0 spiro atoms. The molecule has 1 atom stereocenters. The lowest BCUT2D eigenvalue weighted by molar-refractivity contribution is -0.129. The van der Waals surface area contributed by atoms with Gasteiger partial charge in [-0.25, -0.2) is 0 Å². The zero-order valence-electron chi connectivity index (χ0n) is 15.1. The molecular formula is C18H24N2O6. The van der Waals surface area contributed by atoms with Gasteiger partial charge in [-0.15, -0.1) is 0 Å². The SMILES string of the molecule is COc1ccc(C2C(C(C)=O)=C(O)C(=O)N2CCNCCO)c(OC)c1. The Hall–Kier alpha value is -2.58. The Morgan fingerprint density at radius 2 is 2.00 bits per heavy atom. The molecule has 3 N–H and O–H groups in total. The Balaban J connectivity index is 2.44. The predicted molar refractivity (Wildman–Crippen MR) is 94.3 cm³/mol. The van der Waals surface area contributed by atoms with Gasteiger partial charge in [-0.1, -0.05) is 0 Å². The highest BCUT2D eigenvalue weighted by Crippen LogP contribution is 2.42. The van der Waals surface area contributed by atoms with Gasteiger partial charge >= 0.3 is 0 Å². The molecule has 1 aliphatic rings. The number of rotatable bonds is 9. The fraction of sp³-hybridized carbons (Fsp3) is 0.444. The van der Waals surface area contributed by atoms with Gasteiger partial charge in [0, 0.05) is 31.3 Å². The lowest BCUT2D eigenvalue weighted by Gasteiger charge is -2.28. The number of hydrogen-bond donors (Lipinski definition) is 3. The number of nitrogens with zero attached hydrogens (tertiary/aromatic N) is 1. The van der Waals surface area contributed by atoms with Crippen LogP contribution in [0, 0.1) is 0 Å². The van der Waals surface area contributed by atoms with E-state index in [1.54, 1.807) is 18.2 Å². The van der Waals surface area contributed by atoms with E-state index >= 15 is 0 Å². The van der Waals surface area contributed by atoms with Gasteiger partial charge in [0.05, 0.1) is 32.4 Å². The molecule has 0 radical (unpaired) electrons. The van der Waals surface area contributed by atoms with Crippen LogP contribution >= 0.6 is 0 Å². The van der Waals surface area contributed by atoms with E-state index in [0.29, 0.717) is 30.2 Å². The molecule has 0 saturated carbocycles. The maximum absolute atomic E-state index is 12.5. The van der Waals surface area contributed by atoms with Crippen LogP contribution in [0.3, 0.4) is 0 Å².